The Hall–Kier alpha value is -1.53. The van der Waals surface area contributed by atoms with Crippen LogP contribution >= 0.6 is 22.6 Å². The van der Waals surface area contributed by atoms with E-state index in [1.165, 1.54) is 21.0 Å². The first-order valence-electron chi connectivity index (χ1n) is 20.2. The predicted octanol–water partition coefficient (Wildman–Crippen LogP) is 2.86. The number of aliphatic hydroxyl groups excluding tert-OH is 1. The Balaban J connectivity index is 2.26. The average molecular weight is 948 g/mol. The van der Waals surface area contributed by atoms with Crippen LogP contribution in [0.25, 0.3) is 0 Å². The van der Waals surface area contributed by atoms with Gasteiger partial charge in [0.15, 0.2) is 18.7 Å². The molecule has 0 amide bonds. The molecule has 0 aromatic rings. The highest BCUT2D eigenvalue weighted by molar-refractivity contribution is 14.1. The Morgan fingerprint density at radius 1 is 1.05 bits per heavy atom. The summed E-state index contributed by atoms with van der Waals surface area (Å²) in [5.74, 6) is -3.42. The lowest BCUT2D eigenvalue weighted by molar-refractivity contribution is -0.775. The number of esters is 2. The lowest BCUT2D eigenvalue weighted by Gasteiger charge is -2.49. The molecule has 0 aliphatic carbocycles. The van der Waals surface area contributed by atoms with E-state index in [1.807, 2.05) is 11.8 Å². The van der Waals surface area contributed by atoms with E-state index >= 15 is 0 Å². The number of halogens is 1. The molecule has 58 heavy (non-hydrogen) atoms. The van der Waals surface area contributed by atoms with Crippen LogP contribution in [0, 0.1) is 22.0 Å². The number of ether oxygens (including phenoxy) is 7. The summed E-state index contributed by atoms with van der Waals surface area (Å²) in [4.78, 5) is 47.7. The van der Waals surface area contributed by atoms with Gasteiger partial charge in [-0.15, -0.1) is 10.1 Å². The third-order valence-electron chi connectivity index (χ3n) is 12.4. The van der Waals surface area contributed by atoms with Crippen LogP contribution in [0.1, 0.15) is 94.9 Å². The number of likely N-dealkylation sites (N-methyl/N-ethyl adjacent to an activating group) is 2. The number of nitrogens with zero attached hydrogens (tertiary/aromatic N) is 3. The van der Waals surface area contributed by atoms with E-state index in [-0.39, 0.29) is 23.2 Å². The van der Waals surface area contributed by atoms with E-state index in [4.69, 9.17) is 38.0 Å². The van der Waals surface area contributed by atoms with Gasteiger partial charge in [0.2, 0.25) is 0 Å². The fraction of sp³-hybridized carbons (Fsp3) is 0.949. The Bertz CT molecular complexity index is 1380. The van der Waals surface area contributed by atoms with E-state index in [1.54, 1.807) is 74.5 Å². The van der Waals surface area contributed by atoms with Crippen molar-refractivity contribution in [2.45, 2.75) is 189 Å². The molecule has 3 aliphatic rings. The van der Waals surface area contributed by atoms with Crippen molar-refractivity contribution in [3.8, 4) is 0 Å². The van der Waals surface area contributed by atoms with Gasteiger partial charge < -0.3 is 58.2 Å². The Morgan fingerprint density at radius 3 is 2.21 bits per heavy atom. The molecule has 3 rings (SSSR count). The molecule has 0 aromatic heterocycles. The lowest BCUT2D eigenvalue weighted by Crippen LogP contribution is -2.61. The highest BCUT2D eigenvalue weighted by atomic mass is 127. The molecule has 0 bridgehead atoms. The van der Waals surface area contributed by atoms with Crippen LogP contribution in [0.2, 0.25) is 0 Å². The van der Waals surface area contributed by atoms with Crippen molar-refractivity contribution < 1.29 is 68.0 Å². The second kappa shape index (κ2) is 20.6. The zero-order valence-electron chi connectivity index (χ0n) is 36.7. The fourth-order valence-electron chi connectivity index (χ4n) is 8.88. The van der Waals surface area contributed by atoms with Crippen LogP contribution in [0.3, 0.4) is 0 Å². The highest BCUT2D eigenvalue weighted by Crippen LogP contribution is 2.41. The molecule has 3 N–H and O–H groups in total. The topological polar surface area (TPSA) is 218 Å². The van der Waals surface area contributed by atoms with Gasteiger partial charge in [-0.25, -0.2) is 0 Å². The highest BCUT2D eigenvalue weighted by Gasteiger charge is 2.54. The Morgan fingerprint density at radius 2 is 1.67 bits per heavy atom. The zero-order valence-corrected chi connectivity index (χ0v) is 38.8. The minimum atomic E-state index is -1.86. The molecule has 18 atom stereocenters. The van der Waals surface area contributed by atoms with Crippen LogP contribution in [-0.2, 0) is 47.6 Å². The zero-order chi connectivity index (χ0) is 44.2. The number of cyclic esters (lactones) is 1. The number of carbonyl (C=O) groups excluding carboxylic acids is 2. The van der Waals surface area contributed by atoms with Crippen LogP contribution in [0.5, 0.6) is 0 Å². The summed E-state index contributed by atoms with van der Waals surface area (Å²) in [6, 6.07) is -1.09. The van der Waals surface area contributed by atoms with Crippen molar-refractivity contribution in [1.29, 1.82) is 0 Å². The van der Waals surface area contributed by atoms with Gasteiger partial charge in [0, 0.05) is 48.9 Å². The summed E-state index contributed by atoms with van der Waals surface area (Å²) < 4.78 is 43.2. The van der Waals surface area contributed by atoms with Gasteiger partial charge >= 0.3 is 11.9 Å². The number of alkyl halides is 1. The lowest BCUT2D eigenvalue weighted by atomic mass is 9.79. The van der Waals surface area contributed by atoms with Gasteiger partial charge in [0.05, 0.1) is 41.5 Å². The molecule has 3 fully saturated rings. The summed E-state index contributed by atoms with van der Waals surface area (Å²) in [7, 11) is 6.83. The maximum Gasteiger partial charge on any atom is 0.311 e. The average Bonchev–Trinajstić information content (AvgIpc) is 3.11. The number of carbonyl (C=O) groups is 2. The molecule has 0 spiro atoms. The van der Waals surface area contributed by atoms with E-state index in [0.717, 1.165) is 0 Å². The van der Waals surface area contributed by atoms with Crippen LogP contribution in [0.4, 0.5) is 0 Å². The van der Waals surface area contributed by atoms with Crippen molar-refractivity contribution in [2.75, 3.05) is 34.8 Å². The molecule has 338 valence electrons. The summed E-state index contributed by atoms with van der Waals surface area (Å²) in [5, 5.41) is 46.8. The van der Waals surface area contributed by atoms with Crippen molar-refractivity contribution in [3.05, 3.63) is 10.1 Å². The fourth-order valence-corrected chi connectivity index (χ4v) is 10.4. The van der Waals surface area contributed by atoms with E-state index < -0.39 is 119 Å². The van der Waals surface area contributed by atoms with Gasteiger partial charge in [-0.1, -0.05) is 36.4 Å². The first kappa shape index (κ1) is 50.8. The SMILES string of the molecule is CC[C@H]1OC(=O)[C@H](C)[C@@H](O[C@H]2C[C@@](C)(OC)[C@@H](O)[C@H](C)O2)[C@H](C)[C@@H](O[C@@H]2O[C@H](C)CC(N(C)C)[C@H]2O[N+](=O)[O-])[C@](C)(O)C[C@@H](I)CN(C)[C@H](C)[C@@H](OC(C)=O)[C@]1(C)O. The maximum atomic E-state index is 14.5. The van der Waals surface area contributed by atoms with Gasteiger partial charge in [0.25, 0.3) is 5.09 Å². The van der Waals surface area contributed by atoms with Gasteiger partial charge in [-0.05, 0) is 88.9 Å². The van der Waals surface area contributed by atoms with E-state index in [9.17, 15) is 35.0 Å². The normalized spacial score (nSPS) is 45.4. The van der Waals surface area contributed by atoms with Crippen molar-refractivity contribution in [2.24, 2.45) is 11.8 Å². The van der Waals surface area contributed by atoms with Crippen LogP contribution in [-0.4, -0.2) is 171 Å². The molecular formula is C39H70IN3O15. The predicted molar refractivity (Wildman–Crippen MR) is 218 cm³/mol. The molecule has 0 radical (unpaired) electrons. The summed E-state index contributed by atoms with van der Waals surface area (Å²) >= 11 is 2.22. The third kappa shape index (κ3) is 12.1. The van der Waals surface area contributed by atoms with E-state index in [2.05, 4.69) is 22.6 Å². The standard InChI is InChI=1S/C39H70IN3O15/c1-15-28-39(10,48)34(54-25(7)44)23(5)42(13)19-26(40)17-37(8,47)33(57-36-31(58-43(49)50)27(41(11)12)16-20(2)52-36)21(3)30(22(4)35(46)55-28)56-29-18-38(9,51-14)32(45)24(6)53-29/h20-24,26-34,36,45,47-48H,15-19H2,1-14H3/t20-,21+,22-,23-,24+,26-,27?,28-,29+,30+,31-,32+,33-,34-,36+,37-,38-,39-/m1/s1. The monoisotopic (exact) mass is 947 g/mol. The molecule has 18 nitrogen and oxygen atoms in total. The summed E-state index contributed by atoms with van der Waals surface area (Å²) in [5.41, 5.74) is -4.67. The van der Waals surface area contributed by atoms with Crippen molar-refractivity contribution in [1.82, 2.24) is 9.80 Å². The van der Waals surface area contributed by atoms with Crippen LogP contribution < -0.4 is 0 Å². The number of rotatable bonds is 10. The first-order chi connectivity index (χ1) is 26.7. The first-order valence-corrected chi connectivity index (χ1v) is 21.4. The summed E-state index contributed by atoms with van der Waals surface area (Å²) in [6.45, 7) is 16.8. The van der Waals surface area contributed by atoms with Gasteiger partial charge in [-0.3, -0.25) is 14.5 Å². The quantitative estimate of drug-likeness (QED) is 0.0943. The molecule has 0 saturated carbocycles. The van der Waals surface area contributed by atoms with Crippen molar-refractivity contribution in [3.63, 3.8) is 0 Å². The second-order valence-corrected chi connectivity index (χ2v) is 19.3. The Kier molecular flexibility index (Phi) is 18.0. The molecule has 19 heteroatoms. The molecular weight excluding hydrogens is 877 g/mol. The van der Waals surface area contributed by atoms with E-state index in [0.29, 0.717) is 13.0 Å². The molecule has 1 unspecified atom stereocenters. The minimum absolute atomic E-state index is 0.0604. The second-order valence-electron chi connectivity index (χ2n) is 17.5. The number of hydrogen-bond acceptors (Lipinski definition) is 17. The third-order valence-corrected chi connectivity index (χ3v) is 13.2. The number of methoxy groups -OCH3 is 1. The number of aliphatic hydroxyl groups is 3. The van der Waals surface area contributed by atoms with Crippen LogP contribution in [0.15, 0.2) is 0 Å². The smallest absolute Gasteiger partial charge is 0.311 e. The molecule has 0 aromatic carbocycles. The van der Waals surface area contributed by atoms with Crippen molar-refractivity contribution >= 4 is 34.5 Å². The van der Waals surface area contributed by atoms with Gasteiger partial charge in [-0.2, -0.15) is 0 Å². The largest absolute Gasteiger partial charge is 0.459 e. The molecule has 3 saturated heterocycles. The van der Waals surface area contributed by atoms with Gasteiger partial charge in [0.1, 0.15) is 23.9 Å². The molecule has 3 aliphatic heterocycles. The number of hydrogen-bond donors (Lipinski definition) is 3. The maximum absolute atomic E-state index is 14.5. The molecule has 3 heterocycles. The summed E-state index contributed by atoms with van der Waals surface area (Å²) in [6.07, 6.45) is -9.70. The Labute approximate surface area is 357 Å². The minimum Gasteiger partial charge on any atom is -0.459 e.